The Morgan fingerprint density at radius 1 is 1.21 bits per heavy atom. The van der Waals surface area contributed by atoms with Crippen LogP contribution in [-0.2, 0) is 11.2 Å². The molecule has 0 N–H and O–H groups in total. The van der Waals surface area contributed by atoms with E-state index in [1.54, 1.807) is 10.8 Å². The molecule has 0 bridgehead atoms. The van der Waals surface area contributed by atoms with Crippen molar-refractivity contribution < 1.29 is 4.79 Å². The maximum atomic E-state index is 12.6. The predicted octanol–water partition coefficient (Wildman–Crippen LogP) is 1.17. The zero-order valence-electron chi connectivity index (χ0n) is 13.4. The highest BCUT2D eigenvalue weighted by Gasteiger charge is 2.21. The topological polar surface area (TPSA) is 66.6 Å². The smallest absolute Gasteiger partial charge is 0.234 e. The molecule has 7 nitrogen and oxygen atoms in total. The number of fused-ring (bicyclic) bond motifs is 1. The third kappa shape index (κ3) is 2.90. The number of amides is 1. The van der Waals surface area contributed by atoms with E-state index in [0.717, 1.165) is 47.3 Å². The normalized spacial score (nSPS) is 16.0. The molecule has 1 saturated heterocycles. The second-order valence-electron chi connectivity index (χ2n) is 5.98. The Labute approximate surface area is 143 Å². The van der Waals surface area contributed by atoms with Gasteiger partial charge < -0.3 is 9.80 Å². The summed E-state index contributed by atoms with van der Waals surface area (Å²) in [6, 6.07) is 7.96. The minimum Gasteiger partial charge on any atom is -0.340 e. The van der Waals surface area contributed by atoms with Gasteiger partial charge in [0.05, 0.1) is 6.42 Å². The van der Waals surface area contributed by atoms with Crippen molar-refractivity contribution >= 4 is 22.2 Å². The standard InChI is InChI=1S/C16H18N6OS/c1-20-6-8-21(9-7-20)14(23)10-12-4-2-3-5-13(12)15-19-22-11-17-18-16(22)24-15/h2-5,11H,6-10H2,1H3. The molecule has 3 heterocycles. The molecule has 1 aliphatic rings. The van der Waals surface area contributed by atoms with Gasteiger partial charge in [-0.3, -0.25) is 4.79 Å². The van der Waals surface area contributed by atoms with Gasteiger partial charge >= 0.3 is 0 Å². The first-order valence-corrected chi connectivity index (χ1v) is 8.74. The first kappa shape index (κ1) is 15.2. The van der Waals surface area contributed by atoms with Gasteiger partial charge in [0.1, 0.15) is 11.3 Å². The monoisotopic (exact) mass is 342 g/mol. The Morgan fingerprint density at radius 2 is 2.00 bits per heavy atom. The molecule has 0 spiro atoms. The molecule has 8 heteroatoms. The van der Waals surface area contributed by atoms with Crippen LogP contribution < -0.4 is 0 Å². The van der Waals surface area contributed by atoms with Crippen molar-refractivity contribution in [3.63, 3.8) is 0 Å². The van der Waals surface area contributed by atoms with Gasteiger partial charge in [0.2, 0.25) is 10.9 Å². The van der Waals surface area contributed by atoms with Gasteiger partial charge in [0.25, 0.3) is 0 Å². The maximum absolute atomic E-state index is 12.6. The van der Waals surface area contributed by atoms with Crippen molar-refractivity contribution in [2.45, 2.75) is 6.42 Å². The van der Waals surface area contributed by atoms with Crippen molar-refractivity contribution in [1.82, 2.24) is 29.6 Å². The second kappa shape index (κ2) is 6.29. The predicted molar refractivity (Wildman–Crippen MR) is 91.9 cm³/mol. The van der Waals surface area contributed by atoms with Crippen molar-refractivity contribution in [1.29, 1.82) is 0 Å². The SMILES string of the molecule is CN1CCN(C(=O)Cc2ccccc2-c2nn3cnnc3s2)CC1. The summed E-state index contributed by atoms with van der Waals surface area (Å²) in [6.07, 6.45) is 1.99. The molecular weight excluding hydrogens is 324 g/mol. The van der Waals surface area contributed by atoms with Gasteiger partial charge in [-0.2, -0.15) is 9.61 Å². The largest absolute Gasteiger partial charge is 0.340 e. The first-order chi connectivity index (χ1) is 11.7. The highest BCUT2D eigenvalue weighted by molar-refractivity contribution is 7.19. The third-order valence-corrected chi connectivity index (χ3v) is 5.28. The van der Waals surface area contributed by atoms with E-state index in [-0.39, 0.29) is 5.91 Å². The van der Waals surface area contributed by atoms with Crippen LogP contribution in [0.5, 0.6) is 0 Å². The van der Waals surface area contributed by atoms with Crippen LogP contribution in [-0.4, -0.2) is 68.7 Å². The average Bonchev–Trinajstić information content (AvgIpc) is 3.17. The summed E-state index contributed by atoms with van der Waals surface area (Å²) in [4.78, 5) is 17.6. The van der Waals surface area contributed by atoms with E-state index in [9.17, 15) is 4.79 Å². The Kier molecular flexibility index (Phi) is 3.99. The van der Waals surface area contributed by atoms with Gasteiger partial charge in [0, 0.05) is 31.7 Å². The zero-order valence-corrected chi connectivity index (χ0v) is 14.2. The summed E-state index contributed by atoms with van der Waals surface area (Å²) in [7, 11) is 2.09. The fourth-order valence-electron chi connectivity index (χ4n) is 2.88. The minimum atomic E-state index is 0.179. The van der Waals surface area contributed by atoms with Crippen LogP contribution in [0.2, 0.25) is 0 Å². The second-order valence-corrected chi connectivity index (χ2v) is 6.94. The van der Waals surface area contributed by atoms with Gasteiger partial charge in [-0.05, 0) is 12.6 Å². The van der Waals surface area contributed by atoms with Crippen molar-refractivity contribution in [2.24, 2.45) is 0 Å². The number of nitrogens with zero attached hydrogens (tertiary/aromatic N) is 6. The lowest BCUT2D eigenvalue weighted by Gasteiger charge is -2.32. The highest BCUT2D eigenvalue weighted by atomic mass is 32.1. The molecular formula is C16H18N6OS. The summed E-state index contributed by atoms with van der Waals surface area (Å²) >= 11 is 1.48. The summed E-state index contributed by atoms with van der Waals surface area (Å²) in [6.45, 7) is 3.47. The highest BCUT2D eigenvalue weighted by Crippen LogP contribution is 2.28. The van der Waals surface area contributed by atoms with E-state index in [4.69, 9.17) is 0 Å². The van der Waals surface area contributed by atoms with E-state index in [2.05, 4.69) is 27.2 Å². The van der Waals surface area contributed by atoms with E-state index in [1.807, 2.05) is 29.2 Å². The number of rotatable bonds is 3. The van der Waals surface area contributed by atoms with Gasteiger partial charge in [-0.25, -0.2) is 0 Å². The molecule has 1 amide bonds. The number of carbonyl (C=O) groups is 1. The number of hydrogen-bond acceptors (Lipinski definition) is 6. The van der Waals surface area contributed by atoms with Crippen LogP contribution in [0.4, 0.5) is 0 Å². The summed E-state index contributed by atoms with van der Waals surface area (Å²) in [5.74, 6) is 0.179. The average molecular weight is 342 g/mol. The Hall–Kier alpha value is -2.32. The molecule has 0 radical (unpaired) electrons. The summed E-state index contributed by atoms with van der Waals surface area (Å²) < 4.78 is 1.67. The Bertz CT molecular complexity index is 836. The number of likely N-dealkylation sites (N-methyl/N-ethyl adjacent to an activating group) is 1. The number of piperazine rings is 1. The number of aromatic nitrogens is 4. The molecule has 1 aliphatic heterocycles. The molecule has 1 aromatic carbocycles. The minimum absolute atomic E-state index is 0.179. The van der Waals surface area contributed by atoms with E-state index in [1.165, 1.54) is 11.3 Å². The number of benzene rings is 1. The van der Waals surface area contributed by atoms with Crippen LogP contribution in [0.3, 0.4) is 0 Å². The summed E-state index contributed by atoms with van der Waals surface area (Å²) in [5, 5.41) is 13.2. The lowest BCUT2D eigenvalue weighted by molar-refractivity contribution is -0.132. The molecule has 24 heavy (non-hydrogen) atoms. The maximum Gasteiger partial charge on any atom is 0.234 e. The van der Waals surface area contributed by atoms with Gasteiger partial charge in [-0.1, -0.05) is 35.6 Å². The zero-order chi connectivity index (χ0) is 16.5. The number of hydrogen-bond donors (Lipinski definition) is 0. The molecule has 4 rings (SSSR count). The molecule has 0 aliphatic carbocycles. The van der Waals surface area contributed by atoms with E-state index >= 15 is 0 Å². The van der Waals surface area contributed by atoms with Crippen molar-refractivity contribution in [3.05, 3.63) is 36.2 Å². The molecule has 0 saturated carbocycles. The van der Waals surface area contributed by atoms with Crippen LogP contribution in [0.1, 0.15) is 5.56 Å². The number of carbonyl (C=O) groups excluding carboxylic acids is 1. The lowest BCUT2D eigenvalue weighted by Crippen LogP contribution is -2.47. The van der Waals surface area contributed by atoms with Crippen LogP contribution in [0.25, 0.3) is 15.5 Å². The Balaban J connectivity index is 1.57. The third-order valence-electron chi connectivity index (χ3n) is 4.33. The van der Waals surface area contributed by atoms with Gasteiger partial charge in [-0.15, -0.1) is 10.2 Å². The summed E-state index contributed by atoms with van der Waals surface area (Å²) in [5.41, 5.74) is 2.00. The van der Waals surface area contributed by atoms with Crippen LogP contribution in [0, 0.1) is 0 Å². The molecule has 124 valence electrons. The lowest BCUT2D eigenvalue weighted by atomic mass is 10.0. The van der Waals surface area contributed by atoms with Gasteiger partial charge in [0.15, 0.2) is 0 Å². The fraction of sp³-hybridized carbons (Fsp3) is 0.375. The molecule has 0 atom stereocenters. The van der Waals surface area contributed by atoms with E-state index < -0.39 is 0 Å². The van der Waals surface area contributed by atoms with Crippen LogP contribution >= 0.6 is 11.3 Å². The fourth-order valence-corrected chi connectivity index (χ4v) is 3.76. The molecule has 3 aromatic rings. The van der Waals surface area contributed by atoms with Crippen LogP contribution in [0.15, 0.2) is 30.6 Å². The molecule has 0 unspecified atom stereocenters. The Morgan fingerprint density at radius 3 is 2.79 bits per heavy atom. The van der Waals surface area contributed by atoms with E-state index in [0.29, 0.717) is 6.42 Å². The first-order valence-electron chi connectivity index (χ1n) is 7.92. The molecule has 2 aromatic heterocycles. The van der Waals surface area contributed by atoms with Crippen molar-refractivity contribution in [2.75, 3.05) is 33.2 Å². The molecule has 1 fully saturated rings. The van der Waals surface area contributed by atoms with Crippen molar-refractivity contribution in [3.8, 4) is 10.6 Å². The quantitative estimate of drug-likeness (QED) is 0.715.